The monoisotopic (exact) mass is 256 g/mol. The maximum Gasteiger partial charge on any atom is 0.229 e. The van der Waals surface area contributed by atoms with Gasteiger partial charge in [0.1, 0.15) is 0 Å². The van der Waals surface area contributed by atoms with Crippen molar-refractivity contribution in [1.29, 1.82) is 0 Å². The van der Waals surface area contributed by atoms with Gasteiger partial charge in [-0.2, -0.15) is 0 Å². The van der Waals surface area contributed by atoms with Crippen LogP contribution in [-0.4, -0.2) is 28.2 Å². The molecule has 0 bridgehead atoms. The number of hydrogen-bond donors (Lipinski definition) is 1. The molecule has 0 aliphatic carbocycles. The molecule has 3 rings (SSSR count). The van der Waals surface area contributed by atoms with Gasteiger partial charge in [0.15, 0.2) is 0 Å². The van der Waals surface area contributed by atoms with Crippen molar-refractivity contribution in [2.75, 3.05) is 6.54 Å². The number of nitrogens with one attached hydrogen (secondary N) is 1. The third kappa shape index (κ3) is 2.03. The van der Waals surface area contributed by atoms with Gasteiger partial charge in [0, 0.05) is 36.0 Å². The second-order valence-corrected chi connectivity index (χ2v) is 4.96. The minimum Gasteiger partial charge on any atom is -0.358 e. The Hall–Kier alpha value is -2.10. The van der Waals surface area contributed by atoms with E-state index < -0.39 is 0 Å². The number of nitrogens with zero attached hydrogens (tertiary/aromatic N) is 1. The van der Waals surface area contributed by atoms with Gasteiger partial charge < -0.3 is 4.98 Å². The first-order valence-electron chi connectivity index (χ1n) is 6.56. The van der Waals surface area contributed by atoms with E-state index in [9.17, 15) is 9.59 Å². The number of para-hydroxylation sites is 1. The molecular formula is C15H16N2O2. The van der Waals surface area contributed by atoms with Gasteiger partial charge in [-0.1, -0.05) is 18.2 Å². The van der Waals surface area contributed by atoms with Crippen LogP contribution in [0.15, 0.2) is 24.3 Å². The van der Waals surface area contributed by atoms with Crippen molar-refractivity contribution >= 4 is 22.7 Å². The Bertz CT molecular complexity index is 641. The predicted octanol–water partition coefficient (Wildman–Crippen LogP) is 2.17. The van der Waals surface area contributed by atoms with Crippen LogP contribution in [0.25, 0.3) is 10.9 Å². The highest BCUT2D eigenvalue weighted by Gasteiger charge is 2.28. The highest BCUT2D eigenvalue weighted by atomic mass is 16.2. The average Bonchev–Trinajstić information content (AvgIpc) is 2.88. The number of carbonyl (C=O) groups excluding carboxylic acids is 2. The number of likely N-dealkylation sites (tertiary alicyclic amines) is 1. The van der Waals surface area contributed by atoms with E-state index in [1.165, 1.54) is 15.8 Å². The molecule has 1 aromatic carbocycles. The Morgan fingerprint density at radius 2 is 1.84 bits per heavy atom. The first kappa shape index (κ1) is 12.0. The minimum absolute atomic E-state index is 0.0394. The SMILES string of the molecule is Cc1[nH]c2ccccc2c1CCN1C(=O)CCC1=O. The predicted molar refractivity (Wildman–Crippen MR) is 72.7 cm³/mol. The van der Waals surface area contributed by atoms with Gasteiger partial charge in [0.05, 0.1) is 0 Å². The number of aryl methyl sites for hydroxylation is 1. The van der Waals surface area contributed by atoms with Crippen LogP contribution < -0.4 is 0 Å². The number of fused-ring (bicyclic) bond motifs is 1. The Morgan fingerprint density at radius 1 is 1.16 bits per heavy atom. The zero-order valence-corrected chi connectivity index (χ0v) is 10.9. The number of imide groups is 1. The van der Waals surface area contributed by atoms with Crippen molar-refractivity contribution in [1.82, 2.24) is 9.88 Å². The first-order valence-corrected chi connectivity index (χ1v) is 6.56. The Kier molecular flexibility index (Phi) is 2.85. The summed E-state index contributed by atoms with van der Waals surface area (Å²) in [4.78, 5) is 27.9. The van der Waals surface area contributed by atoms with Crippen molar-refractivity contribution in [3.8, 4) is 0 Å². The molecule has 1 aliphatic rings. The fourth-order valence-corrected chi connectivity index (χ4v) is 2.75. The molecule has 4 heteroatoms. The van der Waals surface area contributed by atoms with Crippen molar-refractivity contribution in [2.24, 2.45) is 0 Å². The fraction of sp³-hybridized carbons (Fsp3) is 0.333. The molecule has 4 nitrogen and oxygen atoms in total. The molecule has 98 valence electrons. The van der Waals surface area contributed by atoms with Crippen LogP contribution in [0.2, 0.25) is 0 Å². The summed E-state index contributed by atoms with van der Waals surface area (Å²) in [6.45, 7) is 2.52. The van der Waals surface area contributed by atoms with E-state index in [0.717, 1.165) is 11.2 Å². The van der Waals surface area contributed by atoms with Gasteiger partial charge in [-0.15, -0.1) is 0 Å². The molecule has 0 saturated carbocycles. The second-order valence-electron chi connectivity index (χ2n) is 4.96. The van der Waals surface area contributed by atoms with Crippen LogP contribution in [0.4, 0.5) is 0 Å². The molecule has 1 N–H and O–H groups in total. The molecule has 0 radical (unpaired) electrons. The van der Waals surface area contributed by atoms with Gasteiger partial charge in [-0.25, -0.2) is 0 Å². The highest BCUT2D eigenvalue weighted by molar-refractivity contribution is 6.02. The number of benzene rings is 1. The normalized spacial score (nSPS) is 15.7. The fourth-order valence-electron chi connectivity index (χ4n) is 2.75. The largest absolute Gasteiger partial charge is 0.358 e. The van der Waals surface area contributed by atoms with E-state index in [-0.39, 0.29) is 11.8 Å². The van der Waals surface area contributed by atoms with Gasteiger partial charge in [-0.3, -0.25) is 14.5 Å². The lowest BCUT2D eigenvalue weighted by Crippen LogP contribution is -2.31. The first-order chi connectivity index (χ1) is 9.16. The molecule has 0 atom stereocenters. The molecule has 2 amide bonds. The summed E-state index contributed by atoms with van der Waals surface area (Å²) in [6, 6.07) is 8.11. The van der Waals surface area contributed by atoms with Crippen LogP contribution in [0, 0.1) is 6.92 Å². The van der Waals surface area contributed by atoms with Gasteiger partial charge in [0.25, 0.3) is 0 Å². The van der Waals surface area contributed by atoms with Crippen LogP contribution in [0.5, 0.6) is 0 Å². The van der Waals surface area contributed by atoms with Crippen molar-refractivity contribution in [2.45, 2.75) is 26.2 Å². The van der Waals surface area contributed by atoms with E-state index in [4.69, 9.17) is 0 Å². The third-order valence-corrected chi connectivity index (χ3v) is 3.77. The molecule has 2 aromatic rings. The van der Waals surface area contributed by atoms with Gasteiger partial charge >= 0.3 is 0 Å². The number of H-pyrrole nitrogens is 1. The Balaban J connectivity index is 1.84. The van der Waals surface area contributed by atoms with Crippen LogP contribution in [0.3, 0.4) is 0 Å². The summed E-state index contributed by atoms with van der Waals surface area (Å²) in [5, 5.41) is 1.18. The maximum absolute atomic E-state index is 11.6. The Morgan fingerprint density at radius 3 is 2.58 bits per heavy atom. The molecule has 1 fully saturated rings. The van der Waals surface area contributed by atoms with Crippen LogP contribution in [0.1, 0.15) is 24.1 Å². The lowest BCUT2D eigenvalue weighted by atomic mass is 10.1. The van der Waals surface area contributed by atoms with Crippen molar-refractivity contribution in [3.63, 3.8) is 0 Å². The lowest BCUT2D eigenvalue weighted by Gasteiger charge is -2.13. The average molecular weight is 256 g/mol. The smallest absolute Gasteiger partial charge is 0.229 e. The van der Waals surface area contributed by atoms with Gasteiger partial charge in [0.2, 0.25) is 11.8 Å². The molecule has 0 unspecified atom stereocenters. The topological polar surface area (TPSA) is 53.2 Å². The number of hydrogen-bond acceptors (Lipinski definition) is 2. The summed E-state index contributed by atoms with van der Waals surface area (Å²) in [6.07, 6.45) is 1.45. The van der Waals surface area contributed by atoms with Crippen LogP contribution in [-0.2, 0) is 16.0 Å². The van der Waals surface area contributed by atoms with Crippen molar-refractivity contribution in [3.05, 3.63) is 35.5 Å². The quantitative estimate of drug-likeness (QED) is 0.856. The highest BCUT2D eigenvalue weighted by Crippen LogP contribution is 2.23. The summed E-state index contributed by atoms with van der Waals surface area (Å²) in [5.41, 5.74) is 3.41. The zero-order chi connectivity index (χ0) is 13.4. The van der Waals surface area contributed by atoms with E-state index in [2.05, 4.69) is 11.1 Å². The van der Waals surface area contributed by atoms with Crippen molar-refractivity contribution < 1.29 is 9.59 Å². The number of aromatic amines is 1. The summed E-state index contributed by atoms with van der Waals surface area (Å²) < 4.78 is 0. The summed E-state index contributed by atoms with van der Waals surface area (Å²) in [7, 11) is 0. The minimum atomic E-state index is -0.0394. The number of carbonyl (C=O) groups is 2. The van der Waals surface area contributed by atoms with Crippen LogP contribution >= 0.6 is 0 Å². The molecule has 2 heterocycles. The molecular weight excluding hydrogens is 240 g/mol. The number of aromatic nitrogens is 1. The van der Waals surface area contributed by atoms with E-state index >= 15 is 0 Å². The second kappa shape index (κ2) is 4.53. The van der Waals surface area contributed by atoms with Gasteiger partial charge in [-0.05, 0) is 25.0 Å². The standard InChI is InChI=1S/C15H16N2O2/c1-10-11(12-4-2-3-5-13(12)16-10)8-9-17-14(18)6-7-15(17)19/h2-5,16H,6-9H2,1H3. The van der Waals surface area contributed by atoms with E-state index in [0.29, 0.717) is 25.8 Å². The van der Waals surface area contributed by atoms with E-state index in [1.54, 1.807) is 0 Å². The maximum atomic E-state index is 11.6. The number of rotatable bonds is 3. The molecule has 1 aromatic heterocycles. The summed E-state index contributed by atoms with van der Waals surface area (Å²) in [5.74, 6) is -0.0787. The summed E-state index contributed by atoms with van der Waals surface area (Å²) >= 11 is 0. The number of amides is 2. The molecule has 1 aliphatic heterocycles. The molecule has 1 saturated heterocycles. The molecule has 19 heavy (non-hydrogen) atoms. The zero-order valence-electron chi connectivity index (χ0n) is 10.9. The molecule has 0 spiro atoms. The van der Waals surface area contributed by atoms with E-state index in [1.807, 2.05) is 25.1 Å². The lowest BCUT2D eigenvalue weighted by molar-refractivity contribution is -0.138. The third-order valence-electron chi connectivity index (χ3n) is 3.77. The Labute approximate surface area is 111 Å².